The zero-order valence-corrected chi connectivity index (χ0v) is 13.9. The number of carboxylic acid groups (broad SMARTS) is 1. The van der Waals surface area contributed by atoms with Crippen LogP contribution in [0.25, 0.3) is 0 Å². The van der Waals surface area contributed by atoms with E-state index in [-0.39, 0.29) is 18.2 Å². The summed E-state index contributed by atoms with van der Waals surface area (Å²) in [6.07, 6.45) is 7.36. The Labute approximate surface area is 142 Å². The Bertz CT molecular complexity index is 560. The zero-order valence-electron chi connectivity index (χ0n) is 13.9. The molecule has 4 rings (SSSR count). The molecule has 4 heterocycles. The Balaban J connectivity index is 1.29. The molecule has 2 atom stereocenters. The number of nitrogens with zero attached hydrogens (tertiary/aromatic N) is 3. The Morgan fingerprint density at radius 3 is 2.38 bits per heavy atom. The van der Waals surface area contributed by atoms with Crippen molar-refractivity contribution in [3.63, 3.8) is 0 Å². The van der Waals surface area contributed by atoms with Gasteiger partial charge in [-0.05, 0) is 50.7 Å². The summed E-state index contributed by atoms with van der Waals surface area (Å²) in [4.78, 5) is 19.8. The third kappa shape index (κ3) is 3.07. The fourth-order valence-electron chi connectivity index (χ4n) is 4.58. The number of rotatable bonds is 3. The van der Waals surface area contributed by atoms with Crippen molar-refractivity contribution in [3.8, 4) is 0 Å². The van der Waals surface area contributed by atoms with Gasteiger partial charge in [0.1, 0.15) is 5.82 Å². The van der Waals surface area contributed by atoms with Crippen molar-refractivity contribution < 1.29 is 14.6 Å². The van der Waals surface area contributed by atoms with E-state index in [1.54, 1.807) is 4.90 Å². The molecule has 2 bridgehead atoms. The van der Waals surface area contributed by atoms with Crippen molar-refractivity contribution in [2.24, 2.45) is 0 Å². The molecule has 0 spiro atoms. The second-order valence-electron chi connectivity index (χ2n) is 7.18. The highest BCUT2D eigenvalue weighted by atomic mass is 16.5. The van der Waals surface area contributed by atoms with Crippen LogP contribution in [-0.4, -0.2) is 58.5 Å². The number of pyridine rings is 1. The van der Waals surface area contributed by atoms with Gasteiger partial charge in [-0.2, -0.15) is 0 Å². The number of amides is 1. The van der Waals surface area contributed by atoms with Gasteiger partial charge in [0.25, 0.3) is 0 Å². The molecule has 0 radical (unpaired) electrons. The molecule has 1 amide bonds. The van der Waals surface area contributed by atoms with E-state index in [0.717, 1.165) is 57.4 Å². The van der Waals surface area contributed by atoms with Gasteiger partial charge in [0.05, 0.1) is 12.2 Å². The molecular formula is C18H25N3O3. The van der Waals surface area contributed by atoms with Crippen molar-refractivity contribution in [2.75, 3.05) is 18.0 Å². The predicted octanol–water partition coefficient (Wildman–Crippen LogP) is 2.74. The predicted molar refractivity (Wildman–Crippen MR) is 90.3 cm³/mol. The number of aromatic nitrogens is 1. The van der Waals surface area contributed by atoms with Crippen LogP contribution in [0.4, 0.5) is 10.6 Å². The third-order valence-electron chi connectivity index (χ3n) is 5.71. The summed E-state index contributed by atoms with van der Waals surface area (Å²) in [7, 11) is 0. The van der Waals surface area contributed by atoms with E-state index in [1.165, 1.54) is 0 Å². The summed E-state index contributed by atoms with van der Waals surface area (Å²) in [6, 6.07) is 6.36. The molecule has 1 aromatic rings. The lowest BCUT2D eigenvalue weighted by atomic mass is 9.99. The fraction of sp³-hybridized carbons (Fsp3) is 0.667. The van der Waals surface area contributed by atoms with Gasteiger partial charge >= 0.3 is 6.09 Å². The quantitative estimate of drug-likeness (QED) is 0.922. The molecule has 3 saturated heterocycles. The Morgan fingerprint density at radius 1 is 1.08 bits per heavy atom. The molecule has 1 N–H and O–H groups in total. The maximum Gasteiger partial charge on any atom is 0.407 e. The summed E-state index contributed by atoms with van der Waals surface area (Å²) in [6.45, 7) is 1.95. The van der Waals surface area contributed by atoms with Crippen molar-refractivity contribution in [2.45, 2.75) is 62.8 Å². The average molecular weight is 331 g/mol. The van der Waals surface area contributed by atoms with E-state index in [0.29, 0.717) is 6.10 Å². The molecule has 1 aromatic heterocycles. The van der Waals surface area contributed by atoms with Crippen molar-refractivity contribution in [1.29, 1.82) is 0 Å². The van der Waals surface area contributed by atoms with Crippen LogP contribution in [-0.2, 0) is 4.74 Å². The molecule has 24 heavy (non-hydrogen) atoms. The standard InChI is InChI=1S/C18H25N3O3/c22-18(23)21-13-4-5-14(21)12-16(11-13)24-15-6-9-20(10-7-15)17-3-1-2-8-19-17/h1-3,8,13-16H,4-7,9-12H2,(H,22,23). The number of carbonyl (C=O) groups is 1. The van der Waals surface area contributed by atoms with E-state index in [2.05, 4.69) is 16.0 Å². The summed E-state index contributed by atoms with van der Waals surface area (Å²) in [5.41, 5.74) is 0. The van der Waals surface area contributed by atoms with Crippen molar-refractivity contribution >= 4 is 11.9 Å². The van der Waals surface area contributed by atoms with Crippen molar-refractivity contribution in [3.05, 3.63) is 24.4 Å². The third-order valence-corrected chi connectivity index (χ3v) is 5.71. The first-order chi connectivity index (χ1) is 11.7. The number of hydrogen-bond acceptors (Lipinski definition) is 4. The van der Waals surface area contributed by atoms with E-state index in [9.17, 15) is 9.90 Å². The van der Waals surface area contributed by atoms with E-state index < -0.39 is 6.09 Å². The Kier molecular flexibility index (Phi) is 4.31. The van der Waals surface area contributed by atoms with Crippen LogP contribution in [0.2, 0.25) is 0 Å². The van der Waals surface area contributed by atoms with Gasteiger partial charge in [0.2, 0.25) is 0 Å². The van der Waals surface area contributed by atoms with Crippen LogP contribution in [0.5, 0.6) is 0 Å². The van der Waals surface area contributed by atoms with Gasteiger partial charge in [0, 0.05) is 31.4 Å². The lowest BCUT2D eigenvalue weighted by molar-refractivity contribution is -0.0632. The minimum Gasteiger partial charge on any atom is -0.465 e. The molecule has 3 aliphatic heterocycles. The van der Waals surface area contributed by atoms with Gasteiger partial charge in [-0.25, -0.2) is 9.78 Å². The maximum absolute atomic E-state index is 11.4. The van der Waals surface area contributed by atoms with Crippen LogP contribution < -0.4 is 4.90 Å². The minimum absolute atomic E-state index is 0.167. The van der Waals surface area contributed by atoms with Gasteiger partial charge in [-0.3, -0.25) is 0 Å². The molecule has 6 nitrogen and oxygen atoms in total. The molecule has 130 valence electrons. The summed E-state index contributed by atoms with van der Waals surface area (Å²) in [5.74, 6) is 1.05. The fourth-order valence-corrected chi connectivity index (χ4v) is 4.58. The first-order valence-corrected chi connectivity index (χ1v) is 9.03. The molecule has 6 heteroatoms. The second kappa shape index (κ2) is 6.59. The monoisotopic (exact) mass is 331 g/mol. The Hall–Kier alpha value is -1.82. The molecule has 2 unspecified atom stereocenters. The first-order valence-electron chi connectivity index (χ1n) is 9.03. The summed E-state index contributed by atoms with van der Waals surface area (Å²) >= 11 is 0. The SMILES string of the molecule is O=C(O)N1C2CCC1CC(OC1CCN(c3ccccn3)CC1)C2. The van der Waals surface area contributed by atoms with Gasteiger partial charge in [-0.15, -0.1) is 0 Å². The van der Waals surface area contributed by atoms with Crippen LogP contribution in [0.15, 0.2) is 24.4 Å². The summed E-state index contributed by atoms with van der Waals surface area (Å²) < 4.78 is 6.36. The first kappa shape index (κ1) is 15.7. The molecule has 0 aliphatic carbocycles. The summed E-state index contributed by atoms with van der Waals surface area (Å²) in [5, 5.41) is 9.34. The van der Waals surface area contributed by atoms with Crippen LogP contribution in [0.1, 0.15) is 38.5 Å². The maximum atomic E-state index is 11.4. The van der Waals surface area contributed by atoms with Crippen LogP contribution in [0, 0.1) is 0 Å². The number of piperidine rings is 2. The normalized spacial score (nSPS) is 30.6. The highest BCUT2D eigenvalue weighted by Crippen LogP contribution is 2.37. The van der Waals surface area contributed by atoms with Gasteiger partial charge in [-0.1, -0.05) is 6.07 Å². The van der Waals surface area contributed by atoms with Crippen LogP contribution in [0.3, 0.4) is 0 Å². The molecule has 0 saturated carbocycles. The number of hydrogen-bond donors (Lipinski definition) is 1. The van der Waals surface area contributed by atoms with Crippen LogP contribution >= 0.6 is 0 Å². The Morgan fingerprint density at radius 2 is 1.79 bits per heavy atom. The average Bonchev–Trinajstić information content (AvgIpc) is 2.88. The lowest BCUT2D eigenvalue weighted by Crippen LogP contribution is -2.49. The molecule has 3 fully saturated rings. The molecule has 0 aromatic carbocycles. The lowest BCUT2D eigenvalue weighted by Gasteiger charge is -2.40. The van der Waals surface area contributed by atoms with Gasteiger partial charge < -0.3 is 19.6 Å². The highest BCUT2D eigenvalue weighted by Gasteiger charge is 2.44. The van der Waals surface area contributed by atoms with E-state index in [1.807, 2.05) is 18.3 Å². The minimum atomic E-state index is -0.760. The zero-order chi connectivity index (χ0) is 16.5. The topological polar surface area (TPSA) is 65.9 Å². The number of anilines is 1. The number of ether oxygens (including phenoxy) is 1. The van der Waals surface area contributed by atoms with E-state index >= 15 is 0 Å². The molecule has 3 aliphatic rings. The van der Waals surface area contributed by atoms with E-state index in [4.69, 9.17) is 4.74 Å². The largest absolute Gasteiger partial charge is 0.465 e. The second-order valence-corrected chi connectivity index (χ2v) is 7.18. The number of fused-ring (bicyclic) bond motifs is 2. The van der Waals surface area contributed by atoms with Crippen molar-refractivity contribution in [1.82, 2.24) is 9.88 Å². The highest BCUT2D eigenvalue weighted by molar-refractivity contribution is 5.66. The smallest absolute Gasteiger partial charge is 0.407 e. The van der Waals surface area contributed by atoms with Gasteiger partial charge in [0.15, 0.2) is 0 Å². The molecular weight excluding hydrogens is 306 g/mol.